The fraction of sp³-hybridized carbons (Fsp3) is 0.600. The number of nitrogens with one attached hydrogen (secondary N) is 1. The second-order valence-electron chi connectivity index (χ2n) is 3.08. The minimum atomic E-state index is -0.347. The van der Waals surface area contributed by atoms with Gasteiger partial charge in [-0.25, -0.2) is 9.78 Å². The first-order valence-corrected chi connectivity index (χ1v) is 6.54. The monoisotopic (exact) mass is 262 g/mol. The van der Waals surface area contributed by atoms with Crippen molar-refractivity contribution in [1.82, 2.24) is 4.98 Å². The molecule has 0 fully saturated rings. The molecule has 1 N–H and O–H groups in total. The molecule has 0 bridgehead atoms. The molecule has 1 aromatic heterocycles. The topological polar surface area (TPSA) is 51.2 Å². The van der Waals surface area contributed by atoms with Crippen LogP contribution in [0.25, 0.3) is 0 Å². The summed E-state index contributed by atoms with van der Waals surface area (Å²) in [4.78, 5) is 16.3. The Morgan fingerprint density at radius 3 is 2.88 bits per heavy atom. The Kier molecular flexibility index (Phi) is 5.55. The van der Waals surface area contributed by atoms with Crippen LogP contribution in [0.1, 0.15) is 35.6 Å². The first-order chi connectivity index (χ1) is 7.72. The number of hydrogen-bond acceptors (Lipinski definition) is 5. The standard InChI is InChI=1S/C10H15ClN2O2S/c1-3-5-12-10-13-7(6-11)8(16-10)9(14)15-4-2/h3-6H2,1-2H3,(H,12,13). The maximum absolute atomic E-state index is 11.6. The largest absolute Gasteiger partial charge is 0.462 e. The quantitative estimate of drug-likeness (QED) is 0.633. The third-order valence-electron chi connectivity index (χ3n) is 1.81. The lowest BCUT2D eigenvalue weighted by Crippen LogP contribution is -2.04. The number of hydrogen-bond donors (Lipinski definition) is 1. The van der Waals surface area contributed by atoms with Crippen LogP contribution in [0.2, 0.25) is 0 Å². The van der Waals surface area contributed by atoms with E-state index in [2.05, 4.69) is 17.2 Å². The van der Waals surface area contributed by atoms with Crippen molar-refractivity contribution in [3.05, 3.63) is 10.6 Å². The van der Waals surface area contributed by atoms with Gasteiger partial charge in [0.1, 0.15) is 4.88 Å². The number of halogens is 1. The Hall–Kier alpha value is -0.810. The van der Waals surface area contributed by atoms with Crippen molar-refractivity contribution in [1.29, 1.82) is 0 Å². The summed E-state index contributed by atoms with van der Waals surface area (Å²) in [6, 6.07) is 0. The second-order valence-corrected chi connectivity index (χ2v) is 4.34. The highest BCUT2D eigenvalue weighted by Gasteiger charge is 2.18. The normalized spacial score (nSPS) is 10.2. The van der Waals surface area contributed by atoms with Crippen molar-refractivity contribution in [3.63, 3.8) is 0 Å². The van der Waals surface area contributed by atoms with Crippen molar-refractivity contribution < 1.29 is 9.53 Å². The molecule has 1 rings (SSSR count). The van der Waals surface area contributed by atoms with Gasteiger partial charge in [-0.15, -0.1) is 11.6 Å². The van der Waals surface area contributed by atoms with Crippen molar-refractivity contribution in [2.75, 3.05) is 18.5 Å². The Morgan fingerprint density at radius 2 is 2.31 bits per heavy atom. The van der Waals surface area contributed by atoms with E-state index in [0.29, 0.717) is 17.2 Å². The van der Waals surface area contributed by atoms with Crippen molar-refractivity contribution in [2.45, 2.75) is 26.1 Å². The number of ether oxygens (including phenoxy) is 1. The number of nitrogens with zero attached hydrogens (tertiary/aromatic N) is 1. The van der Waals surface area contributed by atoms with Gasteiger partial charge in [-0.2, -0.15) is 0 Å². The summed E-state index contributed by atoms with van der Waals surface area (Å²) in [5, 5.41) is 3.85. The first kappa shape index (κ1) is 13.3. The molecule has 0 aliphatic rings. The third-order valence-corrected chi connectivity index (χ3v) is 3.10. The lowest BCUT2D eigenvalue weighted by molar-refractivity contribution is 0.0531. The van der Waals surface area contributed by atoms with Crippen LogP contribution < -0.4 is 5.32 Å². The van der Waals surface area contributed by atoms with Crippen LogP contribution in [-0.2, 0) is 10.6 Å². The molecule has 0 aliphatic heterocycles. The van der Waals surface area contributed by atoms with Crippen molar-refractivity contribution in [3.8, 4) is 0 Å². The van der Waals surface area contributed by atoms with Crippen LogP contribution in [0.4, 0.5) is 5.13 Å². The Balaban J connectivity index is 2.81. The molecule has 0 unspecified atom stereocenters. The summed E-state index contributed by atoms with van der Waals surface area (Å²) < 4.78 is 4.93. The van der Waals surface area contributed by atoms with Crippen LogP contribution in [0.5, 0.6) is 0 Å². The van der Waals surface area contributed by atoms with Gasteiger partial charge in [-0.3, -0.25) is 0 Å². The number of esters is 1. The molecule has 6 heteroatoms. The van der Waals surface area contributed by atoms with E-state index in [-0.39, 0.29) is 11.8 Å². The van der Waals surface area contributed by atoms with E-state index in [0.717, 1.165) is 18.1 Å². The lowest BCUT2D eigenvalue weighted by atomic mass is 10.4. The minimum absolute atomic E-state index is 0.221. The molecule has 0 saturated heterocycles. The lowest BCUT2D eigenvalue weighted by Gasteiger charge is -1.98. The van der Waals surface area contributed by atoms with Gasteiger partial charge in [0.05, 0.1) is 18.2 Å². The van der Waals surface area contributed by atoms with E-state index in [4.69, 9.17) is 16.3 Å². The molecule has 0 radical (unpaired) electrons. The van der Waals surface area contributed by atoms with Gasteiger partial charge in [0.25, 0.3) is 0 Å². The molecular formula is C10H15ClN2O2S. The van der Waals surface area contributed by atoms with Gasteiger partial charge < -0.3 is 10.1 Å². The Morgan fingerprint density at radius 1 is 1.56 bits per heavy atom. The minimum Gasteiger partial charge on any atom is -0.462 e. The molecule has 0 aromatic carbocycles. The molecule has 0 amide bonds. The fourth-order valence-electron chi connectivity index (χ4n) is 1.11. The average Bonchev–Trinajstić information content (AvgIpc) is 2.70. The zero-order chi connectivity index (χ0) is 12.0. The summed E-state index contributed by atoms with van der Waals surface area (Å²) in [5.41, 5.74) is 0.587. The smallest absolute Gasteiger partial charge is 0.350 e. The highest BCUT2D eigenvalue weighted by Crippen LogP contribution is 2.25. The first-order valence-electron chi connectivity index (χ1n) is 5.19. The van der Waals surface area contributed by atoms with E-state index in [9.17, 15) is 4.79 Å². The summed E-state index contributed by atoms with van der Waals surface area (Å²) in [6.45, 7) is 5.03. The molecular weight excluding hydrogens is 248 g/mol. The number of alkyl halides is 1. The molecule has 1 aromatic rings. The van der Waals surface area contributed by atoms with Crippen LogP contribution >= 0.6 is 22.9 Å². The van der Waals surface area contributed by atoms with Crippen LogP contribution in [-0.4, -0.2) is 24.1 Å². The highest BCUT2D eigenvalue weighted by atomic mass is 35.5. The summed E-state index contributed by atoms with van der Waals surface area (Å²) in [5.74, 6) is -0.126. The van der Waals surface area contributed by atoms with Crippen molar-refractivity contribution in [2.24, 2.45) is 0 Å². The zero-order valence-corrected chi connectivity index (χ0v) is 11.0. The average molecular weight is 263 g/mol. The Bertz CT molecular complexity index is 355. The number of carbonyl (C=O) groups is 1. The predicted molar refractivity (Wildman–Crippen MR) is 66.4 cm³/mol. The van der Waals surface area contributed by atoms with Crippen LogP contribution in [0.15, 0.2) is 0 Å². The van der Waals surface area contributed by atoms with E-state index in [1.807, 2.05) is 0 Å². The van der Waals surface area contributed by atoms with Gasteiger partial charge in [0, 0.05) is 6.54 Å². The molecule has 0 aliphatic carbocycles. The summed E-state index contributed by atoms with van der Waals surface area (Å²) >= 11 is 7.02. The third kappa shape index (κ3) is 3.35. The molecule has 0 spiro atoms. The molecule has 16 heavy (non-hydrogen) atoms. The molecule has 4 nitrogen and oxygen atoms in total. The van der Waals surface area contributed by atoms with E-state index in [1.165, 1.54) is 11.3 Å². The second kappa shape index (κ2) is 6.70. The zero-order valence-electron chi connectivity index (χ0n) is 9.38. The van der Waals surface area contributed by atoms with Gasteiger partial charge in [0.15, 0.2) is 5.13 Å². The number of anilines is 1. The highest BCUT2D eigenvalue weighted by molar-refractivity contribution is 7.17. The molecule has 0 atom stereocenters. The predicted octanol–water partition coefficient (Wildman–Crippen LogP) is 2.88. The molecule has 0 saturated carbocycles. The number of thiazole rings is 1. The van der Waals surface area contributed by atoms with E-state index in [1.54, 1.807) is 6.92 Å². The van der Waals surface area contributed by atoms with Crippen LogP contribution in [0, 0.1) is 0 Å². The number of rotatable bonds is 6. The fourth-order valence-corrected chi connectivity index (χ4v) is 2.28. The van der Waals surface area contributed by atoms with Gasteiger partial charge in [-0.1, -0.05) is 18.3 Å². The van der Waals surface area contributed by atoms with E-state index >= 15 is 0 Å². The van der Waals surface area contributed by atoms with Gasteiger partial charge >= 0.3 is 5.97 Å². The van der Waals surface area contributed by atoms with Gasteiger partial charge in [0.2, 0.25) is 0 Å². The summed E-state index contributed by atoms with van der Waals surface area (Å²) in [7, 11) is 0. The van der Waals surface area contributed by atoms with E-state index < -0.39 is 0 Å². The molecule has 1 heterocycles. The number of aromatic nitrogens is 1. The molecule has 90 valence electrons. The SMILES string of the molecule is CCCNc1nc(CCl)c(C(=O)OCC)s1. The summed E-state index contributed by atoms with van der Waals surface area (Å²) in [6.07, 6.45) is 1.00. The maximum Gasteiger partial charge on any atom is 0.350 e. The maximum atomic E-state index is 11.6. The van der Waals surface area contributed by atoms with Crippen LogP contribution in [0.3, 0.4) is 0 Å². The van der Waals surface area contributed by atoms with Gasteiger partial charge in [-0.05, 0) is 13.3 Å². The van der Waals surface area contributed by atoms with Crippen molar-refractivity contribution >= 4 is 34.0 Å². The Labute approximate surface area is 104 Å². The number of carbonyl (C=O) groups excluding carboxylic acids is 1.